The van der Waals surface area contributed by atoms with E-state index in [1.807, 2.05) is 32.0 Å². The highest BCUT2D eigenvalue weighted by atomic mass is 16.5. The second kappa shape index (κ2) is 5.50. The van der Waals surface area contributed by atoms with Crippen LogP contribution in [0.1, 0.15) is 57.6 Å². The van der Waals surface area contributed by atoms with Crippen LogP contribution in [0.5, 0.6) is 11.5 Å². The summed E-state index contributed by atoms with van der Waals surface area (Å²) in [7, 11) is 0. The number of ether oxygens (including phenoxy) is 2. The first-order chi connectivity index (χ1) is 9.94. The number of aliphatic hydroxyl groups excluding tert-OH is 1. The molecule has 1 heterocycles. The van der Waals surface area contributed by atoms with E-state index in [1.54, 1.807) is 0 Å². The van der Waals surface area contributed by atoms with E-state index in [-0.39, 0.29) is 23.9 Å². The van der Waals surface area contributed by atoms with Gasteiger partial charge in [-0.2, -0.15) is 0 Å². The average molecular weight is 291 g/mol. The predicted octanol–water partition coefficient (Wildman–Crippen LogP) is 2.93. The van der Waals surface area contributed by atoms with E-state index in [2.05, 4.69) is 0 Å². The molecular formula is C17H25NO3. The molecule has 4 nitrogen and oxygen atoms in total. The Morgan fingerprint density at radius 1 is 1.29 bits per heavy atom. The van der Waals surface area contributed by atoms with Gasteiger partial charge in [-0.05, 0) is 39.2 Å². The Kier molecular flexibility index (Phi) is 3.84. The molecule has 4 heteroatoms. The summed E-state index contributed by atoms with van der Waals surface area (Å²) in [5.74, 6) is 1.56. The van der Waals surface area contributed by atoms with Crippen LogP contribution in [0, 0.1) is 0 Å². The van der Waals surface area contributed by atoms with Gasteiger partial charge >= 0.3 is 0 Å². The zero-order valence-electron chi connectivity index (χ0n) is 12.8. The van der Waals surface area contributed by atoms with Crippen molar-refractivity contribution in [1.29, 1.82) is 0 Å². The van der Waals surface area contributed by atoms with Gasteiger partial charge in [-0.25, -0.2) is 0 Å². The standard InChI is InChI=1S/C17H25NO3/c1-17(2)10-13(18)12-8-7-11(9-16(12)21-17)20-15-6-4-3-5-14(15)19/h7-9,13-15,19H,3-6,10,18H2,1-2H3. The van der Waals surface area contributed by atoms with Crippen LogP contribution in [0.4, 0.5) is 0 Å². The lowest BCUT2D eigenvalue weighted by Gasteiger charge is -2.36. The largest absolute Gasteiger partial charge is 0.488 e. The summed E-state index contributed by atoms with van der Waals surface area (Å²) < 4.78 is 12.0. The first-order valence-electron chi connectivity index (χ1n) is 7.88. The Morgan fingerprint density at radius 3 is 2.81 bits per heavy atom. The SMILES string of the molecule is CC1(C)CC(N)c2ccc(OC3CCCCC3O)cc2O1. The van der Waals surface area contributed by atoms with Crippen LogP contribution < -0.4 is 15.2 Å². The zero-order valence-corrected chi connectivity index (χ0v) is 12.8. The van der Waals surface area contributed by atoms with Crippen LogP contribution in [-0.2, 0) is 0 Å². The fourth-order valence-corrected chi connectivity index (χ4v) is 3.35. The van der Waals surface area contributed by atoms with Crippen LogP contribution in [0.2, 0.25) is 0 Å². The van der Waals surface area contributed by atoms with E-state index in [4.69, 9.17) is 15.2 Å². The van der Waals surface area contributed by atoms with Gasteiger partial charge in [0.05, 0.1) is 6.10 Å². The van der Waals surface area contributed by atoms with E-state index < -0.39 is 0 Å². The zero-order chi connectivity index (χ0) is 15.0. The Bertz CT molecular complexity index is 515. The van der Waals surface area contributed by atoms with Crippen molar-refractivity contribution in [2.45, 2.75) is 69.8 Å². The maximum absolute atomic E-state index is 10.0. The van der Waals surface area contributed by atoms with E-state index in [9.17, 15) is 5.11 Å². The molecule has 1 aliphatic carbocycles. The molecule has 1 aromatic rings. The normalized spacial score (nSPS) is 31.1. The molecule has 1 fully saturated rings. The number of aliphatic hydroxyl groups is 1. The summed E-state index contributed by atoms with van der Waals surface area (Å²) >= 11 is 0. The van der Waals surface area contributed by atoms with Gasteiger partial charge in [0.25, 0.3) is 0 Å². The fraction of sp³-hybridized carbons (Fsp3) is 0.647. The van der Waals surface area contributed by atoms with Crippen LogP contribution in [0.3, 0.4) is 0 Å². The van der Waals surface area contributed by atoms with Gasteiger partial charge < -0.3 is 20.3 Å². The van der Waals surface area contributed by atoms with Crippen LogP contribution in [-0.4, -0.2) is 22.9 Å². The minimum Gasteiger partial charge on any atom is -0.488 e. The van der Waals surface area contributed by atoms with E-state index in [0.29, 0.717) is 0 Å². The molecule has 0 spiro atoms. The molecule has 1 aliphatic heterocycles. The second-order valence-corrected chi connectivity index (χ2v) is 6.88. The molecule has 0 saturated heterocycles. The van der Waals surface area contributed by atoms with Crippen LogP contribution >= 0.6 is 0 Å². The maximum Gasteiger partial charge on any atom is 0.128 e. The summed E-state index contributed by atoms with van der Waals surface area (Å²) in [6.07, 6.45) is 4.25. The Balaban J connectivity index is 1.79. The van der Waals surface area contributed by atoms with Crippen molar-refractivity contribution in [3.8, 4) is 11.5 Å². The van der Waals surface area contributed by atoms with E-state index in [0.717, 1.165) is 49.2 Å². The molecule has 2 aliphatic rings. The number of rotatable bonds is 2. The fourth-order valence-electron chi connectivity index (χ4n) is 3.35. The third-order valence-electron chi connectivity index (χ3n) is 4.44. The number of hydrogen-bond acceptors (Lipinski definition) is 4. The van der Waals surface area contributed by atoms with Crippen molar-refractivity contribution in [3.63, 3.8) is 0 Å². The Hall–Kier alpha value is -1.26. The molecule has 116 valence electrons. The minimum absolute atomic E-state index is 0.00179. The summed E-state index contributed by atoms with van der Waals surface area (Å²) in [6.45, 7) is 4.10. The topological polar surface area (TPSA) is 64.7 Å². The molecule has 0 amide bonds. The van der Waals surface area contributed by atoms with Crippen LogP contribution in [0.15, 0.2) is 18.2 Å². The molecule has 3 unspecified atom stereocenters. The molecule has 3 N–H and O–H groups in total. The molecule has 1 aromatic carbocycles. The van der Waals surface area contributed by atoms with E-state index >= 15 is 0 Å². The maximum atomic E-state index is 10.0. The molecule has 21 heavy (non-hydrogen) atoms. The number of benzene rings is 1. The molecule has 0 aromatic heterocycles. The van der Waals surface area contributed by atoms with Gasteiger partial charge in [0, 0.05) is 24.1 Å². The van der Waals surface area contributed by atoms with Gasteiger partial charge in [0.1, 0.15) is 23.2 Å². The summed E-state index contributed by atoms with van der Waals surface area (Å²) in [4.78, 5) is 0. The number of nitrogens with two attached hydrogens (primary N) is 1. The van der Waals surface area contributed by atoms with E-state index in [1.165, 1.54) is 0 Å². The number of fused-ring (bicyclic) bond motifs is 1. The Morgan fingerprint density at radius 2 is 2.05 bits per heavy atom. The first-order valence-corrected chi connectivity index (χ1v) is 7.88. The highest BCUT2D eigenvalue weighted by Crippen LogP contribution is 2.40. The molecule has 1 saturated carbocycles. The third kappa shape index (κ3) is 3.16. The lowest BCUT2D eigenvalue weighted by Crippen LogP contribution is -2.37. The lowest BCUT2D eigenvalue weighted by atomic mass is 9.90. The van der Waals surface area contributed by atoms with Gasteiger partial charge in [0.15, 0.2) is 0 Å². The van der Waals surface area contributed by atoms with Crippen molar-refractivity contribution in [1.82, 2.24) is 0 Å². The van der Waals surface area contributed by atoms with Crippen molar-refractivity contribution in [3.05, 3.63) is 23.8 Å². The van der Waals surface area contributed by atoms with Crippen molar-refractivity contribution in [2.24, 2.45) is 5.73 Å². The highest BCUT2D eigenvalue weighted by Gasteiger charge is 2.32. The highest BCUT2D eigenvalue weighted by molar-refractivity contribution is 5.44. The quantitative estimate of drug-likeness (QED) is 0.879. The Labute approximate surface area is 126 Å². The van der Waals surface area contributed by atoms with Crippen molar-refractivity contribution >= 4 is 0 Å². The van der Waals surface area contributed by atoms with Crippen molar-refractivity contribution in [2.75, 3.05) is 0 Å². The van der Waals surface area contributed by atoms with Gasteiger partial charge in [-0.1, -0.05) is 12.5 Å². The van der Waals surface area contributed by atoms with Gasteiger partial charge in [-0.3, -0.25) is 0 Å². The molecule has 0 bridgehead atoms. The summed E-state index contributed by atoms with van der Waals surface area (Å²) in [6, 6.07) is 5.83. The monoisotopic (exact) mass is 291 g/mol. The van der Waals surface area contributed by atoms with Gasteiger partial charge in [0.2, 0.25) is 0 Å². The third-order valence-corrected chi connectivity index (χ3v) is 4.44. The molecule has 3 rings (SSSR count). The smallest absolute Gasteiger partial charge is 0.128 e. The minimum atomic E-state index is -0.366. The summed E-state index contributed by atoms with van der Waals surface area (Å²) in [5, 5.41) is 10.0. The average Bonchev–Trinajstić information content (AvgIpc) is 2.39. The second-order valence-electron chi connectivity index (χ2n) is 6.88. The molecule has 3 atom stereocenters. The predicted molar refractivity (Wildman–Crippen MR) is 81.6 cm³/mol. The first kappa shape index (κ1) is 14.7. The lowest BCUT2D eigenvalue weighted by molar-refractivity contribution is 0.00629. The number of hydrogen-bond donors (Lipinski definition) is 2. The molecular weight excluding hydrogens is 266 g/mol. The summed E-state index contributed by atoms with van der Waals surface area (Å²) in [5.41, 5.74) is 7.00. The van der Waals surface area contributed by atoms with Crippen LogP contribution in [0.25, 0.3) is 0 Å². The van der Waals surface area contributed by atoms with Crippen molar-refractivity contribution < 1.29 is 14.6 Å². The van der Waals surface area contributed by atoms with Gasteiger partial charge in [-0.15, -0.1) is 0 Å². The molecule has 0 radical (unpaired) electrons.